The molecule has 0 atom stereocenters. The van der Waals surface area contributed by atoms with E-state index in [1.807, 2.05) is 30.3 Å². The maximum absolute atomic E-state index is 12.2. The summed E-state index contributed by atoms with van der Waals surface area (Å²) in [6.07, 6.45) is 0.398. The highest BCUT2D eigenvalue weighted by Crippen LogP contribution is 2.24. The molecule has 0 aliphatic rings. The molecule has 0 saturated carbocycles. The number of hydrogen-bond donors (Lipinski definition) is 1. The van der Waals surface area contributed by atoms with Crippen molar-refractivity contribution in [2.24, 2.45) is 0 Å². The van der Waals surface area contributed by atoms with Crippen molar-refractivity contribution in [2.45, 2.75) is 12.8 Å². The molecule has 3 aromatic rings. The lowest BCUT2D eigenvalue weighted by molar-refractivity contribution is -0.116. The Kier molecular flexibility index (Phi) is 5.83. The molecule has 0 bridgehead atoms. The molecule has 0 fully saturated rings. The zero-order chi connectivity index (χ0) is 19.2. The van der Waals surface area contributed by atoms with E-state index < -0.39 is 5.97 Å². The summed E-state index contributed by atoms with van der Waals surface area (Å²) in [6.45, 7) is 0. The molecule has 27 heavy (non-hydrogen) atoms. The number of amides is 1. The van der Waals surface area contributed by atoms with Crippen LogP contribution in [-0.4, -0.2) is 29.2 Å². The number of nitrogens with zero attached hydrogens (tertiary/aromatic N) is 2. The van der Waals surface area contributed by atoms with Crippen molar-refractivity contribution in [3.63, 3.8) is 0 Å². The first-order valence-electron chi connectivity index (χ1n) is 8.12. The van der Waals surface area contributed by atoms with Gasteiger partial charge in [-0.3, -0.25) is 4.79 Å². The molecule has 3 rings (SSSR count). The zero-order valence-electron chi connectivity index (χ0n) is 14.4. The lowest BCUT2D eigenvalue weighted by Crippen LogP contribution is -2.13. The average Bonchev–Trinajstić information content (AvgIpc) is 3.17. The van der Waals surface area contributed by atoms with Crippen LogP contribution >= 0.6 is 11.6 Å². The van der Waals surface area contributed by atoms with E-state index in [0.717, 1.165) is 5.56 Å². The number of esters is 1. The van der Waals surface area contributed by atoms with Crippen LogP contribution in [0.25, 0.3) is 11.5 Å². The molecular weight excluding hydrogens is 370 g/mol. The van der Waals surface area contributed by atoms with Crippen LogP contribution in [0, 0.1) is 0 Å². The SMILES string of the molecule is COC(=O)c1ccc(Cl)c(NC(=O)CCc2nnc(-c3ccccc3)o2)c1. The molecular formula is C19H16ClN3O4. The molecule has 138 valence electrons. The average molecular weight is 386 g/mol. The monoisotopic (exact) mass is 385 g/mol. The Morgan fingerprint density at radius 1 is 1.15 bits per heavy atom. The van der Waals surface area contributed by atoms with E-state index >= 15 is 0 Å². The van der Waals surface area contributed by atoms with Gasteiger partial charge in [0.05, 0.1) is 23.4 Å². The second-order valence-electron chi connectivity index (χ2n) is 5.60. The van der Waals surface area contributed by atoms with E-state index in [-0.39, 0.29) is 18.7 Å². The first-order chi connectivity index (χ1) is 13.1. The summed E-state index contributed by atoms with van der Waals surface area (Å²) in [4.78, 5) is 23.8. The maximum atomic E-state index is 12.2. The van der Waals surface area contributed by atoms with Gasteiger partial charge in [-0.25, -0.2) is 4.79 Å². The number of hydrogen-bond acceptors (Lipinski definition) is 6. The summed E-state index contributed by atoms with van der Waals surface area (Å²) in [5.74, 6) is -0.0434. The zero-order valence-corrected chi connectivity index (χ0v) is 15.2. The number of aryl methyl sites for hydroxylation is 1. The minimum Gasteiger partial charge on any atom is -0.465 e. The fourth-order valence-electron chi connectivity index (χ4n) is 2.35. The Morgan fingerprint density at radius 2 is 1.93 bits per heavy atom. The number of nitrogens with one attached hydrogen (secondary N) is 1. The molecule has 0 saturated heterocycles. The molecule has 0 aliphatic carbocycles. The molecule has 0 spiro atoms. The van der Waals surface area contributed by atoms with Crippen molar-refractivity contribution in [3.05, 3.63) is 65.0 Å². The van der Waals surface area contributed by atoms with Crippen molar-refractivity contribution in [2.75, 3.05) is 12.4 Å². The van der Waals surface area contributed by atoms with Crippen molar-refractivity contribution < 1.29 is 18.7 Å². The Morgan fingerprint density at radius 3 is 2.67 bits per heavy atom. The molecule has 0 radical (unpaired) electrons. The highest BCUT2D eigenvalue weighted by molar-refractivity contribution is 6.33. The largest absolute Gasteiger partial charge is 0.465 e. The molecule has 1 N–H and O–H groups in total. The normalized spacial score (nSPS) is 10.4. The van der Waals surface area contributed by atoms with Crippen molar-refractivity contribution in [1.82, 2.24) is 10.2 Å². The number of carbonyl (C=O) groups excluding carboxylic acids is 2. The van der Waals surface area contributed by atoms with Gasteiger partial charge in [-0.05, 0) is 30.3 Å². The quantitative estimate of drug-likeness (QED) is 0.649. The molecule has 1 heterocycles. The Hall–Kier alpha value is -3.19. The fraction of sp³-hybridized carbons (Fsp3) is 0.158. The van der Waals surface area contributed by atoms with Gasteiger partial charge < -0.3 is 14.5 Å². The first-order valence-corrected chi connectivity index (χ1v) is 8.50. The number of carbonyl (C=O) groups is 2. The summed E-state index contributed by atoms with van der Waals surface area (Å²) in [6, 6.07) is 13.9. The van der Waals surface area contributed by atoms with Crippen LogP contribution in [0.4, 0.5) is 5.69 Å². The van der Waals surface area contributed by atoms with Crippen LogP contribution in [0.1, 0.15) is 22.7 Å². The molecule has 1 amide bonds. The maximum Gasteiger partial charge on any atom is 0.337 e. The van der Waals surface area contributed by atoms with E-state index in [1.54, 1.807) is 0 Å². The highest BCUT2D eigenvalue weighted by atomic mass is 35.5. The molecule has 0 aliphatic heterocycles. The Labute approximate surface area is 160 Å². The van der Waals surface area contributed by atoms with Crippen LogP contribution in [0.5, 0.6) is 0 Å². The van der Waals surface area contributed by atoms with Gasteiger partial charge in [0.1, 0.15) is 0 Å². The second kappa shape index (κ2) is 8.46. The van der Waals surface area contributed by atoms with E-state index in [1.165, 1.54) is 25.3 Å². The number of aromatic nitrogens is 2. The van der Waals surface area contributed by atoms with Gasteiger partial charge in [-0.2, -0.15) is 0 Å². The highest BCUT2D eigenvalue weighted by Gasteiger charge is 2.13. The Balaban J connectivity index is 1.61. The van der Waals surface area contributed by atoms with Crippen LogP contribution < -0.4 is 5.32 Å². The summed E-state index contributed by atoms with van der Waals surface area (Å²) in [7, 11) is 1.28. The second-order valence-corrected chi connectivity index (χ2v) is 6.01. The smallest absolute Gasteiger partial charge is 0.337 e. The van der Waals surface area contributed by atoms with Crippen LogP contribution in [0.2, 0.25) is 5.02 Å². The topological polar surface area (TPSA) is 94.3 Å². The van der Waals surface area contributed by atoms with Crippen LogP contribution in [-0.2, 0) is 16.0 Å². The predicted molar refractivity (Wildman–Crippen MR) is 99.5 cm³/mol. The molecule has 0 unspecified atom stereocenters. The van der Waals surface area contributed by atoms with Crippen molar-refractivity contribution >= 4 is 29.2 Å². The summed E-state index contributed by atoms with van der Waals surface area (Å²) >= 11 is 6.07. The third-order valence-electron chi connectivity index (χ3n) is 3.72. The predicted octanol–water partition coefficient (Wildman–Crippen LogP) is 3.75. The Bertz CT molecular complexity index is 957. The lowest BCUT2D eigenvalue weighted by atomic mass is 10.2. The van der Waals surface area contributed by atoms with E-state index in [0.29, 0.717) is 28.1 Å². The third kappa shape index (κ3) is 4.71. The van der Waals surface area contributed by atoms with Crippen molar-refractivity contribution in [1.29, 1.82) is 0 Å². The summed E-state index contributed by atoms with van der Waals surface area (Å²) < 4.78 is 10.2. The van der Waals surface area contributed by atoms with Gasteiger partial charge in [0, 0.05) is 18.4 Å². The van der Waals surface area contributed by atoms with Crippen LogP contribution in [0.15, 0.2) is 52.9 Å². The van der Waals surface area contributed by atoms with Crippen molar-refractivity contribution in [3.8, 4) is 11.5 Å². The number of anilines is 1. The van der Waals surface area contributed by atoms with Gasteiger partial charge in [-0.15, -0.1) is 10.2 Å². The standard InChI is InChI=1S/C19H16ClN3O4/c1-26-19(25)13-7-8-14(20)15(11-13)21-16(24)9-10-17-22-23-18(27-17)12-5-3-2-4-6-12/h2-8,11H,9-10H2,1H3,(H,21,24). The number of ether oxygens (including phenoxy) is 1. The minimum absolute atomic E-state index is 0.120. The molecule has 2 aromatic carbocycles. The van der Waals surface area contributed by atoms with Gasteiger partial charge in [0.15, 0.2) is 0 Å². The van der Waals surface area contributed by atoms with E-state index in [4.69, 9.17) is 16.0 Å². The van der Waals surface area contributed by atoms with E-state index in [2.05, 4.69) is 20.3 Å². The molecule has 8 heteroatoms. The van der Waals surface area contributed by atoms with Crippen LogP contribution in [0.3, 0.4) is 0 Å². The fourth-order valence-corrected chi connectivity index (χ4v) is 2.52. The molecule has 1 aromatic heterocycles. The number of halogens is 1. The number of rotatable bonds is 6. The van der Waals surface area contributed by atoms with Gasteiger partial charge in [-0.1, -0.05) is 29.8 Å². The lowest BCUT2D eigenvalue weighted by Gasteiger charge is -2.08. The summed E-state index contributed by atoms with van der Waals surface area (Å²) in [5, 5.41) is 10.9. The van der Waals surface area contributed by atoms with Gasteiger partial charge in [0.25, 0.3) is 0 Å². The summed E-state index contributed by atoms with van der Waals surface area (Å²) in [5.41, 5.74) is 1.44. The van der Waals surface area contributed by atoms with Gasteiger partial charge in [0.2, 0.25) is 17.7 Å². The van der Waals surface area contributed by atoms with Gasteiger partial charge >= 0.3 is 5.97 Å². The van der Waals surface area contributed by atoms with E-state index in [9.17, 15) is 9.59 Å². The minimum atomic E-state index is -0.513. The third-order valence-corrected chi connectivity index (χ3v) is 4.04. The first kappa shape index (κ1) is 18.6. The number of methoxy groups -OCH3 is 1. The number of benzene rings is 2. The molecule has 7 nitrogen and oxygen atoms in total.